The van der Waals surface area contributed by atoms with Gasteiger partial charge in [-0.1, -0.05) is 0 Å². The third kappa shape index (κ3) is 3.07. The minimum absolute atomic E-state index is 0.0605. The Hall–Kier alpha value is -0.980. The second-order valence-corrected chi connectivity index (χ2v) is 5.59. The van der Waals surface area contributed by atoms with E-state index in [2.05, 4.69) is 0 Å². The van der Waals surface area contributed by atoms with Gasteiger partial charge in [0.25, 0.3) is 0 Å². The van der Waals surface area contributed by atoms with Crippen molar-refractivity contribution in [2.24, 2.45) is 5.41 Å². The van der Waals surface area contributed by atoms with Gasteiger partial charge in [0.2, 0.25) is 0 Å². The molecule has 1 aliphatic rings. The molecule has 1 saturated heterocycles. The van der Waals surface area contributed by atoms with E-state index in [-0.39, 0.29) is 13.0 Å². The van der Waals surface area contributed by atoms with Gasteiger partial charge in [-0.25, -0.2) is 4.79 Å². The van der Waals surface area contributed by atoms with Crippen molar-refractivity contribution in [1.29, 1.82) is 0 Å². The van der Waals surface area contributed by atoms with Gasteiger partial charge in [0, 0.05) is 13.1 Å². The summed E-state index contributed by atoms with van der Waals surface area (Å²) in [4.78, 5) is 12.6. The maximum atomic E-state index is 12.9. The summed E-state index contributed by atoms with van der Waals surface area (Å²) in [7, 11) is 0. The van der Waals surface area contributed by atoms with E-state index in [1.807, 2.05) is 0 Å². The molecule has 0 aliphatic carbocycles. The molecule has 0 aromatic heterocycles. The van der Waals surface area contributed by atoms with Gasteiger partial charge in [-0.05, 0) is 27.2 Å². The first-order valence-electron chi connectivity index (χ1n) is 5.66. The third-order valence-corrected chi connectivity index (χ3v) is 2.91. The van der Waals surface area contributed by atoms with Crippen LogP contribution in [0, 0.1) is 5.41 Å². The number of hydrogen-bond acceptors (Lipinski definition) is 3. The first-order chi connectivity index (χ1) is 8.01. The molecular weight excluding hydrogens is 251 g/mol. The highest BCUT2D eigenvalue weighted by Gasteiger charge is 2.58. The van der Waals surface area contributed by atoms with E-state index >= 15 is 0 Å². The van der Waals surface area contributed by atoms with Gasteiger partial charge in [0.15, 0.2) is 0 Å². The first-order valence-corrected chi connectivity index (χ1v) is 5.66. The number of carbonyl (C=O) groups excluding carboxylic acids is 1. The normalized spacial score (nSPS) is 25.4. The lowest BCUT2D eigenvalue weighted by molar-refractivity contribution is -0.229. The van der Waals surface area contributed by atoms with E-state index in [0.29, 0.717) is 0 Å². The van der Waals surface area contributed by atoms with Crippen LogP contribution in [0.4, 0.5) is 18.0 Å². The average Bonchev–Trinajstić information content (AvgIpc) is 2.59. The SMILES string of the molecule is CC(C)(C)OC(=O)N1CC[C@@](CO)(C(F)(F)F)C1. The quantitative estimate of drug-likeness (QED) is 0.793. The van der Waals surface area contributed by atoms with Crippen molar-refractivity contribution in [3.8, 4) is 0 Å². The molecule has 1 rings (SSSR count). The lowest BCUT2D eigenvalue weighted by atomic mass is 9.87. The zero-order valence-corrected chi connectivity index (χ0v) is 10.7. The van der Waals surface area contributed by atoms with Crippen molar-refractivity contribution < 1.29 is 27.8 Å². The number of carbonyl (C=O) groups is 1. The number of ether oxygens (including phenoxy) is 1. The van der Waals surface area contributed by atoms with Crippen LogP contribution in [-0.4, -0.2) is 47.6 Å². The van der Waals surface area contributed by atoms with E-state index in [0.717, 1.165) is 4.90 Å². The second-order valence-electron chi connectivity index (χ2n) is 5.59. The van der Waals surface area contributed by atoms with Crippen molar-refractivity contribution in [3.63, 3.8) is 0 Å². The van der Waals surface area contributed by atoms with E-state index in [4.69, 9.17) is 9.84 Å². The van der Waals surface area contributed by atoms with E-state index in [9.17, 15) is 18.0 Å². The lowest BCUT2D eigenvalue weighted by Crippen LogP contribution is -2.45. The molecule has 1 aliphatic heterocycles. The van der Waals surface area contributed by atoms with Crippen molar-refractivity contribution in [2.45, 2.75) is 39.0 Å². The largest absolute Gasteiger partial charge is 0.444 e. The summed E-state index contributed by atoms with van der Waals surface area (Å²) in [5.74, 6) is 0. The Kier molecular flexibility index (Phi) is 3.86. The molecule has 0 bridgehead atoms. The smallest absolute Gasteiger partial charge is 0.410 e. The number of alkyl halides is 3. The zero-order valence-electron chi connectivity index (χ0n) is 10.7. The molecule has 7 heteroatoms. The van der Waals surface area contributed by atoms with Gasteiger partial charge in [-0.3, -0.25) is 0 Å². The van der Waals surface area contributed by atoms with E-state index in [1.165, 1.54) is 0 Å². The molecule has 0 unspecified atom stereocenters. The lowest BCUT2D eigenvalue weighted by Gasteiger charge is -2.30. The summed E-state index contributed by atoms with van der Waals surface area (Å²) in [5.41, 5.74) is -2.97. The Morgan fingerprint density at radius 1 is 1.39 bits per heavy atom. The standard InChI is InChI=1S/C11H18F3NO3/c1-9(2,3)18-8(17)15-5-4-10(6-15,7-16)11(12,13)14/h16H,4-7H2,1-3H3/t10-/m1/s1. The Morgan fingerprint density at radius 3 is 2.28 bits per heavy atom. The molecule has 0 spiro atoms. The molecule has 0 aromatic rings. The van der Waals surface area contributed by atoms with E-state index < -0.39 is 36.4 Å². The fraction of sp³-hybridized carbons (Fsp3) is 0.909. The third-order valence-electron chi connectivity index (χ3n) is 2.91. The van der Waals surface area contributed by atoms with Gasteiger partial charge < -0.3 is 14.7 Å². The summed E-state index contributed by atoms with van der Waals surface area (Å²) >= 11 is 0. The monoisotopic (exact) mass is 269 g/mol. The topological polar surface area (TPSA) is 49.8 Å². The van der Waals surface area contributed by atoms with Gasteiger partial charge in [-0.15, -0.1) is 0 Å². The minimum atomic E-state index is -4.53. The maximum Gasteiger partial charge on any atom is 0.410 e. The van der Waals surface area contributed by atoms with Gasteiger partial charge >= 0.3 is 12.3 Å². The molecule has 0 saturated carbocycles. The van der Waals surface area contributed by atoms with Crippen molar-refractivity contribution in [3.05, 3.63) is 0 Å². The Morgan fingerprint density at radius 2 is 1.94 bits per heavy atom. The van der Waals surface area contributed by atoms with Crippen molar-refractivity contribution >= 4 is 6.09 Å². The molecule has 1 fully saturated rings. The van der Waals surface area contributed by atoms with Crippen LogP contribution < -0.4 is 0 Å². The molecule has 0 radical (unpaired) electrons. The number of halogens is 3. The van der Waals surface area contributed by atoms with Gasteiger partial charge in [0.1, 0.15) is 11.0 Å². The molecule has 1 atom stereocenters. The average molecular weight is 269 g/mol. The first kappa shape index (κ1) is 15.1. The summed E-state index contributed by atoms with van der Waals surface area (Å²) in [6.07, 6.45) is -5.60. The van der Waals surface area contributed by atoms with Gasteiger partial charge in [0.05, 0.1) is 6.61 Å². The number of nitrogens with zero attached hydrogens (tertiary/aromatic N) is 1. The number of likely N-dealkylation sites (tertiary alicyclic amines) is 1. The Balaban J connectivity index is 2.74. The van der Waals surface area contributed by atoms with Crippen LogP contribution >= 0.6 is 0 Å². The number of hydrogen-bond donors (Lipinski definition) is 1. The molecule has 1 amide bonds. The molecular formula is C11H18F3NO3. The molecule has 1 heterocycles. The molecule has 106 valence electrons. The molecule has 18 heavy (non-hydrogen) atoms. The fourth-order valence-corrected chi connectivity index (χ4v) is 1.80. The highest BCUT2D eigenvalue weighted by atomic mass is 19.4. The predicted octanol–water partition coefficient (Wildman–Crippen LogP) is 2.17. The number of aliphatic hydroxyl groups excluding tert-OH is 1. The summed E-state index contributed by atoms with van der Waals surface area (Å²) < 4.78 is 43.6. The highest BCUT2D eigenvalue weighted by Crippen LogP contribution is 2.45. The second kappa shape index (κ2) is 4.60. The minimum Gasteiger partial charge on any atom is -0.444 e. The van der Waals surface area contributed by atoms with Crippen molar-refractivity contribution in [1.82, 2.24) is 4.90 Å². The number of rotatable bonds is 1. The predicted molar refractivity (Wildman–Crippen MR) is 58.0 cm³/mol. The van der Waals surface area contributed by atoms with E-state index in [1.54, 1.807) is 20.8 Å². The maximum absolute atomic E-state index is 12.9. The van der Waals surface area contributed by atoms with Crippen LogP contribution in [0.15, 0.2) is 0 Å². The summed E-state index contributed by atoms with van der Waals surface area (Å²) in [6.45, 7) is 3.30. The van der Waals surface area contributed by atoms with Crippen LogP contribution in [0.25, 0.3) is 0 Å². The van der Waals surface area contributed by atoms with Gasteiger partial charge in [-0.2, -0.15) is 13.2 Å². The van der Waals surface area contributed by atoms with Crippen LogP contribution in [0.1, 0.15) is 27.2 Å². The van der Waals surface area contributed by atoms with Crippen LogP contribution in [-0.2, 0) is 4.74 Å². The van der Waals surface area contributed by atoms with Crippen LogP contribution in [0.2, 0.25) is 0 Å². The highest BCUT2D eigenvalue weighted by molar-refractivity contribution is 5.68. The summed E-state index contributed by atoms with van der Waals surface area (Å²) in [6, 6.07) is 0. The Bertz CT molecular complexity index is 324. The van der Waals surface area contributed by atoms with Crippen LogP contribution in [0.3, 0.4) is 0 Å². The Labute approximate surface area is 104 Å². The molecule has 0 aromatic carbocycles. The van der Waals surface area contributed by atoms with Crippen LogP contribution in [0.5, 0.6) is 0 Å². The zero-order chi connectivity index (χ0) is 14.2. The number of aliphatic hydroxyl groups is 1. The summed E-state index contributed by atoms with van der Waals surface area (Å²) in [5, 5.41) is 8.99. The fourth-order valence-electron chi connectivity index (χ4n) is 1.80. The molecule has 1 N–H and O–H groups in total. The number of amides is 1. The molecule has 4 nitrogen and oxygen atoms in total. The van der Waals surface area contributed by atoms with Crippen molar-refractivity contribution in [2.75, 3.05) is 19.7 Å².